The van der Waals surface area contributed by atoms with E-state index in [0.29, 0.717) is 11.8 Å². The van der Waals surface area contributed by atoms with Crippen molar-refractivity contribution in [3.63, 3.8) is 0 Å². The number of hydrogen-bond acceptors (Lipinski definition) is 2. The van der Waals surface area contributed by atoms with Crippen molar-refractivity contribution in [2.24, 2.45) is 0 Å². The molecule has 0 amide bonds. The Bertz CT molecular complexity index is 627. The van der Waals surface area contributed by atoms with E-state index in [0.717, 1.165) is 19.5 Å². The molecule has 0 aliphatic rings. The number of aryl methyl sites for hydroxylation is 2. The lowest BCUT2D eigenvalue weighted by Gasteiger charge is -2.22. The number of rotatable bonds is 8. The van der Waals surface area contributed by atoms with Crippen LogP contribution in [0.25, 0.3) is 0 Å². The minimum atomic E-state index is 0.517. The number of hydrogen-bond donors (Lipinski definition) is 2. The summed E-state index contributed by atoms with van der Waals surface area (Å²) < 4.78 is 0. The highest BCUT2D eigenvalue weighted by Gasteiger charge is 2.12. The quantitative estimate of drug-likeness (QED) is 0.534. The van der Waals surface area contributed by atoms with E-state index in [9.17, 15) is 0 Å². The van der Waals surface area contributed by atoms with Gasteiger partial charge in [0, 0.05) is 11.4 Å². The van der Waals surface area contributed by atoms with Crippen molar-refractivity contribution in [1.82, 2.24) is 0 Å². The van der Waals surface area contributed by atoms with Gasteiger partial charge in [0.2, 0.25) is 0 Å². The van der Waals surface area contributed by atoms with Gasteiger partial charge in [-0.1, -0.05) is 77.9 Å². The van der Waals surface area contributed by atoms with Crippen LogP contribution >= 0.6 is 0 Å². The van der Waals surface area contributed by atoms with Crippen LogP contribution < -0.4 is 10.6 Å². The van der Waals surface area contributed by atoms with E-state index in [1.807, 2.05) is 0 Å². The summed E-state index contributed by atoms with van der Waals surface area (Å²) in [6.45, 7) is 14.2. The molecule has 0 aliphatic carbocycles. The Morgan fingerprint density at radius 2 is 1.08 bits per heavy atom. The van der Waals surface area contributed by atoms with Crippen molar-refractivity contribution in [2.45, 2.75) is 66.2 Å². The lowest BCUT2D eigenvalue weighted by atomic mass is 9.96. The molecular formula is C23H34N2. The summed E-state index contributed by atoms with van der Waals surface area (Å²) >= 11 is 0. The largest absolute Gasteiger partial charge is 0.367 e. The first kappa shape index (κ1) is 19.4. The topological polar surface area (TPSA) is 24.1 Å². The van der Waals surface area contributed by atoms with E-state index in [1.54, 1.807) is 0 Å². The molecule has 2 rings (SSSR count). The van der Waals surface area contributed by atoms with Gasteiger partial charge >= 0.3 is 0 Å². The second-order valence-corrected chi connectivity index (χ2v) is 7.31. The van der Waals surface area contributed by atoms with Gasteiger partial charge in [0.25, 0.3) is 0 Å². The lowest BCUT2D eigenvalue weighted by molar-refractivity contribution is 0.858. The van der Waals surface area contributed by atoms with Crippen molar-refractivity contribution in [2.75, 3.05) is 17.3 Å². The van der Waals surface area contributed by atoms with Gasteiger partial charge in [0.1, 0.15) is 0 Å². The zero-order chi connectivity index (χ0) is 18.4. The Morgan fingerprint density at radius 1 is 0.680 bits per heavy atom. The summed E-state index contributed by atoms with van der Waals surface area (Å²) in [5.74, 6) is 1.03. The van der Waals surface area contributed by atoms with Gasteiger partial charge in [-0.3, -0.25) is 0 Å². The highest BCUT2D eigenvalue weighted by Crippen LogP contribution is 2.30. The minimum absolute atomic E-state index is 0.517. The molecule has 2 nitrogen and oxygen atoms in total. The molecule has 0 saturated heterocycles. The first-order chi connectivity index (χ1) is 12.0. The third-order valence-electron chi connectivity index (χ3n) is 4.90. The second kappa shape index (κ2) is 8.94. The molecule has 0 spiro atoms. The van der Waals surface area contributed by atoms with Crippen LogP contribution in [0.15, 0.2) is 36.4 Å². The van der Waals surface area contributed by atoms with Crippen LogP contribution in [0, 0.1) is 0 Å². The van der Waals surface area contributed by atoms with Crippen molar-refractivity contribution in [3.8, 4) is 0 Å². The van der Waals surface area contributed by atoms with Gasteiger partial charge in [-0.25, -0.2) is 0 Å². The molecule has 2 heteroatoms. The van der Waals surface area contributed by atoms with Crippen LogP contribution in [-0.2, 0) is 12.8 Å². The summed E-state index contributed by atoms with van der Waals surface area (Å²) in [7, 11) is 0. The predicted molar refractivity (Wildman–Crippen MR) is 112 cm³/mol. The molecule has 25 heavy (non-hydrogen) atoms. The highest BCUT2D eigenvalue weighted by molar-refractivity contribution is 5.62. The number of benzene rings is 2. The standard InChI is InChI=1S/C23H34N2/c1-7-18-11-9-13-20(16(3)4)22(18)24-15-25-23-19(8-2)12-10-14-21(23)17(5)6/h9-14,16-17,24-25H,7-8,15H2,1-6H3. The lowest BCUT2D eigenvalue weighted by Crippen LogP contribution is -2.17. The summed E-state index contributed by atoms with van der Waals surface area (Å²) in [6, 6.07) is 13.3. The minimum Gasteiger partial charge on any atom is -0.367 e. The van der Waals surface area contributed by atoms with Gasteiger partial charge in [-0.05, 0) is 46.9 Å². The molecule has 0 atom stereocenters. The molecule has 2 aromatic rings. The highest BCUT2D eigenvalue weighted by atomic mass is 15.1. The maximum absolute atomic E-state index is 3.67. The molecular weight excluding hydrogens is 304 g/mol. The Balaban J connectivity index is 2.22. The predicted octanol–water partition coefficient (Wildman–Crippen LogP) is 6.54. The molecule has 0 radical (unpaired) electrons. The average Bonchev–Trinajstić information content (AvgIpc) is 2.61. The van der Waals surface area contributed by atoms with Crippen LogP contribution in [0.5, 0.6) is 0 Å². The Kier molecular flexibility index (Phi) is 6.92. The fourth-order valence-electron chi connectivity index (χ4n) is 3.44. The van der Waals surface area contributed by atoms with Crippen molar-refractivity contribution in [3.05, 3.63) is 58.7 Å². The zero-order valence-corrected chi connectivity index (χ0v) is 16.7. The summed E-state index contributed by atoms with van der Waals surface area (Å²) in [6.07, 6.45) is 2.09. The number of anilines is 2. The fourth-order valence-corrected chi connectivity index (χ4v) is 3.44. The van der Waals surface area contributed by atoms with Crippen molar-refractivity contribution >= 4 is 11.4 Å². The molecule has 2 aromatic carbocycles. The molecule has 0 fully saturated rings. The Morgan fingerprint density at radius 3 is 1.40 bits per heavy atom. The monoisotopic (exact) mass is 338 g/mol. The van der Waals surface area contributed by atoms with Crippen LogP contribution in [0.2, 0.25) is 0 Å². The van der Waals surface area contributed by atoms with Crippen LogP contribution in [0.3, 0.4) is 0 Å². The number of para-hydroxylation sites is 2. The van der Waals surface area contributed by atoms with Gasteiger partial charge in [0.05, 0.1) is 6.67 Å². The molecule has 0 aromatic heterocycles. The first-order valence-corrected chi connectivity index (χ1v) is 9.70. The zero-order valence-electron chi connectivity index (χ0n) is 16.7. The normalized spacial score (nSPS) is 11.2. The van der Waals surface area contributed by atoms with E-state index in [-0.39, 0.29) is 0 Å². The van der Waals surface area contributed by atoms with Crippen molar-refractivity contribution < 1.29 is 0 Å². The molecule has 0 saturated carbocycles. The third kappa shape index (κ3) is 4.56. The van der Waals surface area contributed by atoms with E-state index >= 15 is 0 Å². The van der Waals surface area contributed by atoms with Gasteiger partial charge < -0.3 is 10.6 Å². The third-order valence-corrected chi connectivity index (χ3v) is 4.90. The van der Waals surface area contributed by atoms with Crippen LogP contribution in [0.4, 0.5) is 11.4 Å². The van der Waals surface area contributed by atoms with Crippen LogP contribution in [-0.4, -0.2) is 6.67 Å². The SMILES string of the molecule is CCc1cccc(C(C)C)c1NCNc1c(CC)cccc1C(C)C. The van der Waals surface area contributed by atoms with E-state index in [1.165, 1.54) is 33.6 Å². The van der Waals surface area contributed by atoms with E-state index in [4.69, 9.17) is 0 Å². The van der Waals surface area contributed by atoms with Crippen LogP contribution in [0.1, 0.15) is 75.6 Å². The van der Waals surface area contributed by atoms with E-state index < -0.39 is 0 Å². The number of nitrogens with one attached hydrogen (secondary N) is 2. The smallest absolute Gasteiger partial charge is 0.0849 e. The molecule has 0 bridgehead atoms. The molecule has 2 N–H and O–H groups in total. The van der Waals surface area contributed by atoms with Gasteiger partial charge in [-0.2, -0.15) is 0 Å². The summed E-state index contributed by atoms with van der Waals surface area (Å²) in [4.78, 5) is 0. The summed E-state index contributed by atoms with van der Waals surface area (Å²) in [5, 5.41) is 7.34. The van der Waals surface area contributed by atoms with Crippen molar-refractivity contribution in [1.29, 1.82) is 0 Å². The second-order valence-electron chi connectivity index (χ2n) is 7.31. The Hall–Kier alpha value is -1.96. The average molecular weight is 339 g/mol. The molecule has 136 valence electrons. The van der Waals surface area contributed by atoms with E-state index in [2.05, 4.69) is 88.6 Å². The Labute approximate surface area is 154 Å². The fraction of sp³-hybridized carbons (Fsp3) is 0.478. The summed E-state index contributed by atoms with van der Waals surface area (Å²) in [5.41, 5.74) is 8.17. The maximum Gasteiger partial charge on any atom is 0.0849 e. The molecule has 0 aliphatic heterocycles. The van der Waals surface area contributed by atoms with Gasteiger partial charge in [-0.15, -0.1) is 0 Å². The van der Waals surface area contributed by atoms with Gasteiger partial charge in [0.15, 0.2) is 0 Å². The first-order valence-electron chi connectivity index (χ1n) is 9.70. The maximum atomic E-state index is 3.67. The molecule has 0 heterocycles. The molecule has 0 unspecified atom stereocenters.